The minimum atomic E-state index is -0.573. The molecule has 0 aliphatic rings. The summed E-state index contributed by atoms with van der Waals surface area (Å²) in [4.78, 5) is 25.5. The average molecular weight is 454 g/mol. The quantitative estimate of drug-likeness (QED) is 0.330. The van der Waals surface area contributed by atoms with Gasteiger partial charge in [0.1, 0.15) is 17.2 Å². The summed E-state index contributed by atoms with van der Waals surface area (Å²) in [6.45, 7) is 1.59. The summed E-state index contributed by atoms with van der Waals surface area (Å²) in [7, 11) is 1.44. The molecule has 164 valence electrons. The zero-order valence-corrected chi connectivity index (χ0v) is 18.0. The Kier molecular flexibility index (Phi) is 6.97. The lowest BCUT2D eigenvalue weighted by Gasteiger charge is -2.12. The number of carbonyl (C=O) groups is 2. The van der Waals surface area contributed by atoms with Crippen molar-refractivity contribution in [2.45, 2.75) is 6.92 Å². The molecule has 3 rings (SSSR count). The zero-order valence-electron chi connectivity index (χ0n) is 17.2. The van der Waals surface area contributed by atoms with Gasteiger partial charge >= 0.3 is 0 Å². The fourth-order valence-electron chi connectivity index (χ4n) is 2.92. The van der Waals surface area contributed by atoms with Gasteiger partial charge in [0.05, 0.1) is 29.6 Å². The number of phenolic OH excluding ortho intramolecular Hbond substituents is 2. The Hall–Kier alpha value is -4.04. The summed E-state index contributed by atoms with van der Waals surface area (Å²) < 4.78 is 5.21. The largest absolute Gasteiger partial charge is 0.508 e. The molecule has 0 saturated heterocycles. The van der Waals surface area contributed by atoms with Gasteiger partial charge in [-0.2, -0.15) is 5.10 Å². The van der Waals surface area contributed by atoms with E-state index in [1.807, 2.05) is 0 Å². The van der Waals surface area contributed by atoms with Crippen LogP contribution in [0.4, 0.5) is 5.69 Å². The first kappa shape index (κ1) is 22.6. The van der Waals surface area contributed by atoms with Crippen LogP contribution >= 0.6 is 11.6 Å². The first-order chi connectivity index (χ1) is 15.3. The molecule has 4 N–H and O–H groups in total. The number of aromatic hydroxyl groups is 2. The molecule has 32 heavy (non-hydrogen) atoms. The van der Waals surface area contributed by atoms with Crippen molar-refractivity contribution in [3.8, 4) is 17.2 Å². The van der Waals surface area contributed by atoms with Crippen LogP contribution in [0.3, 0.4) is 0 Å². The normalized spacial score (nSPS) is 11.0. The number of halogens is 1. The van der Waals surface area contributed by atoms with E-state index in [0.717, 1.165) is 0 Å². The van der Waals surface area contributed by atoms with E-state index in [1.54, 1.807) is 37.3 Å². The SMILES string of the molecule is COc1ccc(Cl)cc1C(=O)Nc1ccccc1C(=O)NN=C(C)c1ccc(O)cc1O. The van der Waals surface area contributed by atoms with E-state index in [-0.39, 0.29) is 28.3 Å². The second-order valence-corrected chi connectivity index (χ2v) is 7.12. The van der Waals surface area contributed by atoms with Crippen LogP contribution in [0, 0.1) is 0 Å². The standard InChI is InChI=1S/C23H20ClN3O5/c1-13(16-9-8-15(28)12-20(16)29)26-27-23(31)17-5-3-4-6-19(17)25-22(30)18-11-14(24)7-10-21(18)32-2/h3-12,28-29H,1-2H3,(H,25,30)(H,27,31). The minimum absolute atomic E-state index is 0.0934. The average Bonchev–Trinajstić information content (AvgIpc) is 2.77. The lowest BCUT2D eigenvalue weighted by Crippen LogP contribution is -2.22. The van der Waals surface area contributed by atoms with Crippen molar-refractivity contribution in [3.63, 3.8) is 0 Å². The summed E-state index contributed by atoms with van der Waals surface area (Å²) >= 11 is 6.00. The van der Waals surface area contributed by atoms with Crippen molar-refractivity contribution >= 4 is 34.8 Å². The number of anilines is 1. The van der Waals surface area contributed by atoms with E-state index < -0.39 is 11.8 Å². The van der Waals surface area contributed by atoms with E-state index in [4.69, 9.17) is 16.3 Å². The van der Waals surface area contributed by atoms with Gasteiger partial charge in [-0.3, -0.25) is 9.59 Å². The number of nitrogens with one attached hydrogen (secondary N) is 2. The number of rotatable bonds is 6. The molecule has 0 unspecified atom stereocenters. The van der Waals surface area contributed by atoms with Crippen LogP contribution in [0.25, 0.3) is 0 Å². The maximum atomic E-state index is 12.8. The molecule has 0 fully saturated rings. The fraction of sp³-hybridized carbons (Fsp3) is 0.0870. The topological polar surface area (TPSA) is 120 Å². The Labute approximate surface area is 189 Å². The van der Waals surface area contributed by atoms with Gasteiger partial charge < -0.3 is 20.3 Å². The predicted octanol–water partition coefficient (Wildman–Crippen LogP) is 4.17. The summed E-state index contributed by atoms with van der Waals surface area (Å²) in [5, 5.41) is 26.4. The van der Waals surface area contributed by atoms with Crippen LogP contribution in [0.15, 0.2) is 65.8 Å². The Morgan fingerprint density at radius 1 is 0.938 bits per heavy atom. The molecule has 0 spiro atoms. The van der Waals surface area contributed by atoms with Gasteiger partial charge in [-0.25, -0.2) is 5.43 Å². The molecular weight excluding hydrogens is 434 g/mol. The fourth-order valence-corrected chi connectivity index (χ4v) is 3.09. The number of ether oxygens (including phenoxy) is 1. The second kappa shape index (κ2) is 9.84. The van der Waals surface area contributed by atoms with Crippen LogP contribution < -0.4 is 15.5 Å². The van der Waals surface area contributed by atoms with Crippen molar-refractivity contribution in [3.05, 3.63) is 82.4 Å². The van der Waals surface area contributed by atoms with E-state index in [9.17, 15) is 19.8 Å². The first-order valence-corrected chi connectivity index (χ1v) is 9.79. The van der Waals surface area contributed by atoms with Crippen LogP contribution in [0.1, 0.15) is 33.2 Å². The number of nitrogens with zero attached hydrogens (tertiary/aromatic N) is 1. The summed E-state index contributed by atoms with van der Waals surface area (Å²) in [5.41, 5.74) is 3.72. The van der Waals surface area contributed by atoms with Crippen molar-refractivity contribution < 1.29 is 24.5 Å². The number of para-hydroxylation sites is 1. The summed E-state index contributed by atoms with van der Waals surface area (Å²) in [6.07, 6.45) is 0. The number of benzene rings is 3. The van der Waals surface area contributed by atoms with Gasteiger partial charge in [0.15, 0.2) is 0 Å². The van der Waals surface area contributed by atoms with Crippen molar-refractivity contribution in [1.82, 2.24) is 5.43 Å². The third kappa shape index (κ3) is 5.16. The highest BCUT2D eigenvalue weighted by Crippen LogP contribution is 2.25. The lowest BCUT2D eigenvalue weighted by atomic mass is 10.1. The van der Waals surface area contributed by atoms with E-state index >= 15 is 0 Å². The first-order valence-electron chi connectivity index (χ1n) is 9.41. The lowest BCUT2D eigenvalue weighted by molar-refractivity contribution is 0.0955. The Bertz CT molecular complexity index is 1210. The molecule has 0 atom stereocenters. The van der Waals surface area contributed by atoms with E-state index in [1.165, 1.54) is 37.4 Å². The molecule has 0 aliphatic carbocycles. The molecule has 0 heterocycles. The smallest absolute Gasteiger partial charge is 0.273 e. The third-order valence-corrected chi connectivity index (χ3v) is 4.76. The third-order valence-electron chi connectivity index (χ3n) is 4.52. The molecule has 0 saturated carbocycles. The zero-order chi connectivity index (χ0) is 23.3. The van der Waals surface area contributed by atoms with Gasteiger partial charge in [0.2, 0.25) is 0 Å². The van der Waals surface area contributed by atoms with Gasteiger partial charge in [-0.05, 0) is 49.4 Å². The van der Waals surface area contributed by atoms with Gasteiger partial charge in [-0.1, -0.05) is 23.7 Å². The van der Waals surface area contributed by atoms with Crippen LogP contribution in [-0.4, -0.2) is 34.8 Å². The number of hydrogen-bond acceptors (Lipinski definition) is 6. The number of amides is 2. The summed E-state index contributed by atoms with van der Waals surface area (Å²) in [5.74, 6) is -1.01. The van der Waals surface area contributed by atoms with Crippen LogP contribution in [0.5, 0.6) is 17.2 Å². The molecule has 0 radical (unpaired) electrons. The number of methoxy groups -OCH3 is 1. The van der Waals surface area contributed by atoms with Crippen molar-refractivity contribution in [1.29, 1.82) is 0 Å². The van der Waals surface area contributed by atoms with Gasteiger partial charge in [0.25, 0.3) is 11.8 Å². The van der Waals surface area contributed by atoms with Gasteiger partial charge in [-0.15, -0.1) is 0 Å². The summed E-state index contributed by atoms with van der Waals surface area (Å²) in [6, 6.07) is 15.1. The molecule has 0 bridgehead atoms. The van der Waals surface area contributed by atoms with Crippen molar-refractivity contribution in [2.24, 2.45) is 5.10 Å². The highest BCUT2D eigenvalue weighted by Gasteiger charge is 2.17. The second-order valence-electron chi connectivity index (χ2n) is 6.68. The molecule has 0 aliphatic heterocycles. The number of phenols is 2. The monoisotopic (exact) mass is 453 g/mol. The maximum absolute atomic E-state index is 12.8. The minimum Gasteiger partial charge on any atom is -0.508 e. The van der Waals surface area contributed by atoms with E-state index in [2.05, 4.69) is 15.8 Å². The molecular formula is C23H20ClN3O5. The number of carbonyl (C=O) groups excluding carboxylic acids is 2. The predicted molar refractivity (Wildman–Crippen MR) is 122 cm³/mol. The van der Waals surface area contributed by atoms with Crippen molar-refractivity contribution in [2.75, 3.05) is 12.4 Å². The molecule has 0 aromatic heterocycles. The van der Waals surface area contributed by atoms with Crippen LogP contribution in [-0.2, 0) is 0 Å². The molecule has 9 heteroatoms. The maximum Gasteiger partial charge on any atom is 0.273 e. The highest BCUT2D eigenvalue weighted by molar-refractivity contribution is 6.31. The van der Waals surface area contributed by atoms with Gasteiger partial charge in [0, 0.05) is 16.7 Å². The highest BCUT2D eigenvalue weighted by atomic mass is 35.5. The molecule has 2 amide bonds. The molecule has 3 aromatic rings. The van der Waals surface area contributed by atoms with Crippen LogP contribution in [0.2, 0.25) is 5.02 Å². The number of hydrogen-bond donors (Lipinski definition) is 4. The Balaban J connectivity index is 1.81. The number of hydrazone groups is 1. The Morgan fingerprint density at radius 3 is 2.41 bits per heavy atom. The Morgan fingerprint density at radius 2 is 1.69 bits per heavy atom. The molecule has 3 aromatic carbocycles. The molecule has 8 nitrogen and oxygen atoms in total. The van der Waals surface area contributed by atoms with E-state index in [0.29, 0.717) is 22.0 Å².